The molecule has 0 bridgehead atoms. The molecule has 0 N–H and O–H groups in total. The minimum Gasteiger partial charge on any atom is -0.145 e. The normalized spacial score (nSPS) is 9.30. The molecule has 0 heterocycles. The molecule has 0 unspecified atom stereocenters. The van der Waals surface area contributed by atoms with Crippen molar-refractivity contribution in [2.24, 2.45) is 5.18 Å². The third-order valence-corrected chi connectivity index (χ3v) is 1.84. The van der Waals surface area contributed by atoms with Gasteiger partial charge in [-0.25, -0.2) is 0 Å². The first-order valence-electron chi connectivity index (χ1n) is 2.85. The van der Waals surface area contributed by atoms with E-state index < -0.39 is 0 Å². The molecule has 1 aromatic carbocycles. The van der Waals surface area contributed by atoms with Crippen molar-refractivity contribution in [1.29, 1.82) is 0 Å². The van der Waals surface area contributed by atoms with Gasteiger partial charge in [0.1, 0.15) is 5.69 Å². The van der Waals surface area contributed by atoms with E-state index in [1.807, 2.05) is 12.1 Å². The average Bonchev–Trinajstić information content (AvgIpc) is 2.04. The summed E-state index contributed by atoms with van der Waals surface area (Å²) in [6, 6.07) is 7.24. The lowest BCUT2D eigenvalue weighted by molar-refractivity contribution is 1.37. The molecule has 0 atom stereocenters. The number of halogens is 1. The molecule has 0 aliphatic rings. The van der Waals surface area contributed by atoms with Crippen molar-refractivity contribution in [2.45, 2.75) is 5.33 Å². The molecule has 0 aromatic heterocycles. The van der Waals surface area contributed by atoms with Crippen LogP contribution in [0.15, 0.2) is 29.4 Å². The second-order valence-electron chi connectivity index (χ2n) is 1.85. The number of hydrogen-bond donors (Lipinski definition) is 0. The minimum absolute atomic E-state index is 0.513. The number of nitrogens with zero attached hydrogens (tertiary/aromatic N) is 1. The van der Waals surface area contributed by atoms with Gasteiger partial charge in [0.25, 0.3) is 0 Å². The summed E-state index contributed by atoms with van der Waals surface area (Å²) in [5.41, 5.74) is 1.44. The van der Waals surface area contributed by atoms with E-state index in [9.17, 15) is 4.91 Å². The van der Waals surface area contributed by atoms with Gasteiger partial charge in [-0.3, -0.25) is 0 Å². The van der Waals surface area contributed by atoms with Crippen LogP contribution < -0.4 is 0 Å². The third-order valence-electron chi connectivity index (χ3n) is 1.23. The lowest BCUT2D eigenvalue weighted by Gasteiger charge is -1.94. The zero-order valence-electron chi connectivity index (χ0n) is 5.25. The predicted octanol–water partition coefficient (Wildman–Crippen LogP) is 2.98. The Bertz CT molecular complexity index is 237. The van der Waals surface area contributed by atoms with Gasteiger partial charge in [-0.1, -0.05) is 34.1 Å². The molecule has 0 amide bonds. The third kappa shape index (κ3) is 1.42. The lowest BCUT2D eigenvalue weighted by Crippen LogP contribution is -1.75. The topological polar surface area (TPSA) is 29.4 Å². The fourth-order valence-electron chi connectivity index (χ4n) is 0.713. The Morgan fingerprint density at radius 2 is 2.10 bits per heavy atom. The first-order valence-corrected chi connectivity index (χ1v) is 3.98. The van der Waals surface area contributed by atoms with Crippen molar-refractivity contribution in [2.75, 3.05) is 0 Å². The minimum atomic E-state index is 0.513. The molecular weight excluding hydrogens is 194 g/mol. The van der Waals surface area contributed by atoms with Gasteiger partial charge >= 0.3 is 0 Å². The van der Waals surface area contributed by atoms with E-state index >= 15 is 0 Å². The standard InChI is InChI=1S/C7H6BrNO/c8-5-6-3-1-2-4-7(6)9-10/h1-4H,5H2. The van der Waals surface area contributed by atoms with Crippen LogP contribution in [0, 0.1) is 4.91 Å². The largest absolute Gasteiger partial charge is 0.145 e. The van der Waals surface area contributed by atoms with Crippen molar-refractivity contribution in [3.8, 4) is 0 Å². The maximum atomic E-state index is 10.1. The highest BCUT2D eigenvalue weighted by molar-refractivity contribution is 9.08. The fourth-order valence-corrected chi connectivity index (χ4v) is 1.19. The molecule has 10 heavy (non-hydrogen) atoms. The average molecular weight is 200 g/mol. The molecule has 0 saturated heterocycles. The number of nitroso groups, excluding NO2 is 1. The van der Waals surface area contributed by atoms with E-state index in [1.165, 1.54) is 0 Å². The van der Waals surface area contributed by atoms with Gasteiger partial charge in [-0.15, -0.1) is 4.91 Å². The van der Waals surface area contributed by atoms with Gasteiger partial charge < -0.3 is 0 Å². The van der Waals surface area contributed by atoms with Gasteiger partial charge in [-0.2, -0.15) is 0 Å². The summed E-state index contributed by atoms with van der Waals surface area (Å²) in [6.45, 7) is 0. The first-order chi connectivity index (χ1) is 4.88. The number of hydrogen-bond acceptors (Lipinski definition) is 2. The smallest absolute Gasteiger partial charge is 0.112 e. The Labute approximate surface area is 67.4 Å². The summed E-state index contributed by atoms with van der Waals surface area (Å²) in [4.78, 5) is 10.1. The Kier molecular flexibility index (Phi) is 2.57. The van der Waals surface area contributed by atoms with Crippen LogP contribution in [0.1, 0.15) is 5.56 Å². The van der Waals surface area contributed by atoms with Gasteiger partial charge in [0.2, 0.25) is 0 Å². The number of rotatable bonds is 2. The van der Waals surface area contributed by atoms with Gasteiger partial charge in [0, 0.05) is 5.33 Å². The molecule has 2 nitrogen and oxygen atoms in total. The molecule has 0 aliphatic carbocycles. The van der Waals surface area contributed by atoms with Crippen LogP contribution in [0.4, 0.5) is 5.69 Å². The molecule has 0 fully saturated rings. The molecule has 0 saturated carbocycles. The van der Waals surface area contributed by atoms with Crippen molar-refractivity contribution in [1.82, 2.24) is 0 Å². The zero-order valence-corrected chi connectivity index (χ0v) is 6.84. The van der Waals surface area contributed by atoms with Crippen LogP contribution in [0.3, 0.4) is 0 Å². The van der Waals surface area contributed by atoms with Crippen molar-refractivity contribution < 1.29 is 0 Å². The summed E-state index contributed by atoms with van der Waals surface area (Å²) in [6.07, 6.45) is 0. The summed E-state index contributed by atoms with van der Waals surface area (Å²) >= 11 is 3.25. The van der Waals surface area contributed by atoms with Gasteiger partial charge in [0.15, 0.2) is 0 Å². The summed E-state index contributed by atoms with van der Waals surface area (Å²) in [7, 11) is 0. The van der Waals surface area contributed by atoms with E-state index in [2.05, 4.69) is 21.1 Å². The SMILES string of the molecule is O=Nc1ccccc1CBr. The van der Waals surface area contributed by atoms with E-state index in [1.54, 1.807) is 12.1 Å². The Morgan fingerprint density at radius 3 is 2.60 bits per heavy atom. The molecule has 0 aliphatic heterocycles. The van der Waals surface area contributed by atoms with Crippen LogP contribution in [-0.2, 0) is 5.33 Å². The highest BCUT2D eigenvalue weighted by atomic mass is 79.9. The van der Waals surface area contributed by atoms with Crippen molar-refractivity contribution in [3.63, 3.8) is 0 Å². The zero-order chi connectivity index (χ0) is 7.40. The molecule has 1 aromatic rings. The molecule has 3 heteroatoms. The van der Waals surface area contributed by atoms with Crippen LogP contribution in [-0.4, -0.2) is 0 Å². The van der Waals surface area contributed by atoms with Crippen LogP contribution in [0.5, 0.6) is 0 Å². The quantitative estimate of drug-likeness (QED) is 0.532. The summed E-state index contributed by atoms with van der Waals surface area (Å²) in [5, 5.41) is 3.54. The van der Waals surface area contributed by atoms with Crippen molar-refractivity contribution >= 4 is 21.6 Å². The number of alkyl halides is 1. The predicted molar refractivity (Wildman–Crippen MR) is 44.5 cm³/mol. The van der Waals surface area contributed by atoms with Crippen LogP contribution >= 0.6 is 15.9 Å². The summed E-state index contributed by atoms with van der Waals surface area (Å²) < 4.78 is 0. The monoisotopic (exact) mass is 199 g/mol. The molecular formula is C7H6BrNO. The van der Waals surface area contributed by atoms with E-state index in [-0.39, 0.29) is 0 Å². The van der Waals surface area contributed by atoms with Gasteiger partial charge in [-0.05, 0) is 16.8 Å². The second kappa shape index (κ2) is 3.46. The lowest BCUT2D eigenvalue weighted by atomic mass is 10.2. The van der Waals surface area contributed by atoms with Crippen LogP contribution in [0.2, 0.25) is 0 Å². The first kappa shape index (κ1) is 7.41. The summed E-state index contributed by atoms with van der Waals surface area (Å²) in [5.74, 6) is 0. The molecule has 0 radical (unpaired) electrons. The molecule has 0 spiro atoms. The van der Waals surface area contributed by atoms with Crippen LogP contribution in [0.25, 0.3) is 0 Å². The van der Waals surface area contributed by atoms with Crippen molar-refractivity contribution in [3.05, 3.63) is 34.7 Å². The van der Waals surface area contributed by atoms with E-state index in [0.717, 1.165) is 5.56 Å². The maximum absolute atomic E-state index is 10.1. The molecule has 52 valence electrons. The Morgan fingerprint density at radius 1 is 1.40 bits per heavy atom. The molecule has 1 rings (SSSR count). The fraction of sp³-hybridized carbons (Fsp3) is 0.143. The Balaban J connectivity index is 3.08. The maximum Gasteiger partial charge on any atom is 0.112 e. The number of benzene rings is 1. The van der Waals surface area contributed by atoms with Gasteiger partial charge in [0.05, 0.1) is 0 Å². The highest BCUT2D eigenvalue weighted by Crippen LogP contribution is 2.19. The van der Waals surface area contributed by atoms with E-state index in [4.69, 9.17) is 0 Å². The van der Waals surface area contributed by atoms with E-state index in [0.29, 0.717) is 11.0 Å². The second-order valence-corrected chi connectivity index (χ2v) is 2.41. The Hall–Kier alpha value is -0.700. The highest BCUT2D eigenvalue weighted by Gasteiger charge is 1.97.